The molecule has 2 aliphatic rings. The van der Waals surface area contributed by atoms with Crippen LogP contribution in [0.2, 0.25) is 9.26 Å². The summed E-state index contributed by atoms with van der Waals surface area (Å²) >= 11 is -4.43. The number of hydrogen-bond acceptors (Lipinski definition) is 0. The molecular weight excluding hydrogens is 1010 g/mol. The van der Waals surface area contributed by atoms with Crippen LogP contribution in [-0.4, -0.2) is 6.88 Å². The summed E-state index contributed by atoms with van der Waals surface area (Å²) in [6.07, 6.45) is 5.40. The van der Waals surface area contributed by atoms with Crippen LogP contribution < -0.4 is 0 Å². The van der Waals surface area contributed by atoms with Gasteiger partial charge in [0.05, 0.1) is 0 Å². The van der Waals surface area contributed by atoms with Crippen LogP contribution in [0.15, 0.2) is 132 Å². The summed E-state index contributed by atoms with van der Waals surface area (Å²) in [6.45, 7) is 45.3. The fourth-order valence-electron chi connectivity index (χ4n) is 12.0. The minimum Gasteiger partial charge on any atom is -0.147 e. The third kappa shape index (κ3) is 10.8. The van der Waals surface area contributed by atoms with Gasteiger partial charge in [0.15, 0.2) is 0 Å². The molecule has 4 heteroatoms. The number of hydrogen-bond donors (Lipinski definition) is 0. The Hall–Kier alpha value is -3.52. The molecule has 6 aromatic rings. The van der Waals surface area contributed by atoms with Gasteiger partial charge in [-0.2, -0.15) is 0 Å². The van der Waals surface area contributed by atoms with Crippen molar-refractivity contribution >= 4 is 43.8 Å². The van der Waals surface area contributed by atoms with Crippen molar-refractivity contribution in [2.24, 2.45) is 10.8 Å². The first-order chi connectivity index (χ1) is 32.1. The van der Waals surface area contributed by atoms with Crippen molar-refractivity contribution in [3.8, 4) is 44.5 Å². The molecule has 2 atom stereocenters. The van der Waals surface area contributed by atoms with Crippen molar-refractivity contribution in [1.82, 2.24) is 0 Å². The van der Waals surface area contributed by atoms with Gasteiger partial charge in [0.25, 0.3) is 0 Å². The Labute approximate surface area is 452 Å². The van der Waals surface area contributed by atoms with Crippen LogP contribution in [0.4, 0.5) is 0 Å². The van der Waals surface area contributed by atoms with E-state index >= 15 is 0 Å². The second-order valence-electron chi connectivity index (χ2n) is 28.8. The molecular formula is C68H88Cl2SiZr. The zero-order chi connectivity index (χ0) is 51.6. The van der Waals surface area contributed by atoms with Crippen LogP contribution >= 0.6 is 24.8 Å². The molecule has 0 fully saturated rings. The molecule has 0 aromatic heterocycles. The third-order valence-electron chi connectivity index (χ3n) is 16.2. The third-order valence-corrected chi connectivity index (χ3v) is 33.4. The summed E-state index contributed by atoms with van der Waals surface area (Å²) in [5.74, 6) is 0. The molecule has 0 saturated heterocycles. The van der Waals surface area contributed by atoms with E-state index in [9.17, 15) is 0 Å². The fraction of sp³-hybridized carbons (Fsp3) is 0.412. The van der Waals surface area contributed by atoms with Gasteiger partial charge >= 0.3 is 432 Å². The molecule has 0 heterocycles. The van der Waals surface area contributed by atoms with E-state index in [1.165, 1.54) is 77.9 Å². The number of rotatable bonds is 6. The van der Waals surface area contributed by atoms with Gasteiger partial charge < -0.3 is 0 Å². The molecule has 0 aliphatic heterocycles. The second-order valence-corrected chi connectivity index (χ2v) is 59.3. The van der Waals surface area contributed by atoms with Crippen molar-refractivity contribution in [2.45, 2.75) is 163 Å². The standard InChI is InChI=1S/2C33H39.2CH3.2ClH.H2Si.Zr/c2*1-31(2,3)24-14-10-22(11-15-24)27-18-19-28(23-12-16-25(17-13-23)32(4,5)6)30-21-26(20-29(27)30)33(7,8)9;;;;;;/h2*10-21H,1-9H3;2*1H3;2*1H;1H2;. The summed E-state index contributed by atoms with van der Waals surface area (Å²) in [5.41, 5.74) is 25.6. The first-order valence-electron chi connectivity index (χ1n) is 26.3. The van der Waals surface area contributed by atoms with Crippen molar-refractivity contribution in [2.75, 3.05) is 0 Å². The molecule has 0 bridgehead atoms. The van der Waals surface area contributed by atoms with Gasteiger partial charge in [-0.3, -0.25) is 0 Å². The van der Waals surface area contributed by atoms with Gasteiger partial charge in [-0.15, -0.1) is 24.8 Å². The average molecular weight is 1100 g/mol. The van der Waals surface area contributed by atoms with Crippen LogP contribution in [0.25, 0.3) is 56.7 Å². The minimum absolute atomic E-state index is 0. The van der Waals surface area contributed by atoms with E-state index in [2.05, 4.69) is 274 Å². The van der Waals surface area contributed by atoms with Gasteiger partial charge in [-0.25, -0.2) is 0 Å². The second kappa shape index (κ2) is 19.2. The summed E-state index contributed by atoms with van der Waals surface area (Å²) in [6, 6.07) is 48.2. The van der Waals surface area contributed by atoms with Crippen LogP contribution in [0.1, 0.15) is 176 Å². The van der Waals surface area contributed by atoms with Gasteiger partial charge in [0.1, 0.15) is 0 Å². The zero-order valence-electron chi connectivity index (χ0n) is 47.9. The predicted octanol–water partition coefficient (Wildman–Crippen LogP) is 20.4. The Kier molecular flexibility index (Phi) is 15.4. The topological polar surface area (TPSA) is 0 Å². The van der Waals surface area contributed by atoms with Crippen LogP contribution in [0.3, 0.4) is 0 Å². The van der Waals surface area contributed by atoms with E-state index in [0.29, 0.717) is 0 Å². The summed E-state index contributed by atoms with van der Waals surface area (Å²) in [4.78, 5) is 0. The molecule has 0 nitrogen and oxygen atoms in total. The Bertz CT molecular complexity index is 2900. The monoisotopic (exact) mass is 1090 g/mol. The molecule has 6 aromatic carbocycles. The minimum atomic E-state index is -4.43. The van der Waals surface area contributed by atoms with Crippen molar-refractivity contribution in [3.05, 3.63) is 177 Å². The molecule has 0 saturated carbocycles. The molecule has 72 heavy (non-hydrogen) atoms. The Morgan fingerprint density at radius 2 is 0.514 bits per heavy atom. The largest absolute Gasteiger partial charge is 0.147 e. The number of fused-ring (bicyclic) bond motifs is 2. The summed E-state index contributed by atoms with van der Waals surface area (Å²) in [5, 5.41) is 0. The van der Waals surface area contributed by atoms with Gasteiger partial charge in [-0.05, 0) is 0 Å². The van der Waals surface area contributed by atoms with Crippen molar-refractivity contribution in [3.63, 3.8) is 0 Å². The van der Waals surface area contributed by atoms with E-state index in [1.54, 1.807) is 22.3 Å². The number of allylic oxidation sites excluding steroid dienone is 2. The predicted molar refractivity (Wildman–Crippen MR) is 325 cm³/mol. The van der Waals surface area contributed by atoms with E-state index in [4.69, 9.17) is 0 Å². The van der Waals surface area contributed by atoms with E-state index in [0.717, 1.165) is 0 Å². The maximum atomic E-state index is 2.87. The summed E-state index contributed by atoms with van der Waals surface area (Å²) in [7, 11) is 0. The van der Waals surface area contributed by atoms with E-state index in [-0.39, 0.29) is 64.6 Å². The fourth-order valence-corrected chi connectivity index (χ4v) is 31.6. The Balaban J connectivity index is 0.00000423. The van der Waals surface area contributed by atoms with Gasteiger partial charge in [0.2, 0.25) is 0 Å². The van der Waals surface area contributed by atoms with Crippen molar-refractivity contribution in [1.29, 1.82) is 0 Å². The normalized spacial score (nSPS) is 16.6. The maximum absolute atomic E-state index is 4.43. The van der Waals surface area contributed by atoms with E-state index < -0.39 is 17.4 Å². The first-order valence-corrected chi connectivity index (χ1v) is 40.0. The van der Waals surface area contributed by atoms with Gasteiger partial charge in [0, 0.05) is 0 Å². The SMILES string of the molecule is CC(C)(C)C1=Cc2c(-c3ccc(C(C)(C)C)cc3)ccc(-c3ccc(C(C)(C)C)cc3)c2[CH]1[Zr]([CH3])([CH3])(=[SiH2])[CH]1C(C(C)(C)C)=Cc2c(-c3ccc(C(C)(C)C)cc3)ccc(-c3ccc(C(C)(C)C)cc3)c21.Cl.Cl. The van der Waals surface area contributed by atoms with Crippen LogP contribution in [-0.2, 0) is 39.1 Å². The molecule has 0 N–H and O–H groups in total. The molecule has 2 aliphatic carbocycles. The van der Waals surface area contributed by atoms with Gasteiger partial charge in [-0.1, -0.05) is 0 Å². The van der Waals surface area contributed by atoms with E-state index in [1.807, 2.05) is 0 Å². The molecule has 0 amide bonds. The molecule has 8 rings (SSSR count). The quantitative estimate of drug-likeness (QED) is 0.146. The molecule has 382 valence electrons. The van der Waals surface area contributed by atoms with Crippen molar-refractivity contribution < 1.29 is 17.4 Å². The number of benzene rings is 6. The van der Waals surface area contributed by atoms with Crippen LogP contribution in [0, 0.1) is 10.8 Å². The average Bonchev–Trinajstić information content (AvgIpc) is 3.89. The smallest absolute Gasteiger partial charge is 0.147 e. The Morgan fingerprint density at radius 1 is 0.306 bits per heavy atom. The Morgan fingerprint density at radius 3 is 0.722 bits per heavy atom. The maximum Gasteiger partial charge on any atom is -0.147 e. The zero-order valence-corrected chi connectivity index (χ0v) is 53.4. The molecule has 0 spiro atoms. The summed E-state index contributed by atoms with van der Waals surface area (Å²) < 4.78 is 6.31. The molecule has 2 unspecified atom stereocenters. The molecule has 0 radical (unpaired) electrons. The first kappa shape index (κ1) is 57.8. The number of halogens is 2. The van der Waals surface area contributed by atoms with Crippen LogP contribution in [0.5, 0.6) is 0 Å².